The molecule has 0 aromatic heterocycles. The maximum Gasteiger partial charge on any atom is 0.339 e. The van der Waals surface area contributed by atoms with Crippen molar-refractivity contribution in [1.29, 1.82) is 0 Å². The van der Waals surface area contributed by atoms with Gasteiger partial charge in [0.25, 0.3) is 5.91 Å². The van der Waals surface area contributed by atoms with Crippen LogP contribution < -0.4 is 5.32 Å². The Morgan fingerprint density at radius 1 is 1.26 bits per heavy atom. The van der Waals surface area contributed by atoms with Crippen LogP contribution in [0.4, 0.5) is 0 Å². The lowest BCUT2D eigenvalue weighted by atomic mass is 9.78. The Bertz CT molecular complexity index is 561. The predicted octanol–water partition coefficient (Wildman–Crippen LogP) is 3.51. The summed E-state index contributed by atoms with van der Waals surface area (Å²) in [6.45, 7) is 4.18. The third-order valence-corrected chi connectivity index (χ3v) is 5.51. The average molecular weight is 335 g/mol. The molecule has 2 rings (SSSR count). The summed E-state index contributed by atoms with van der Waals surface area (Å²) < 4.78 is 5.17. The lowest BCUT2D eigenvalue weighted by molar-refractivity contribution is -0.125. The molecule has 0 heterocycles. The van der Waals surface area contributed by atoms with E-state index in [1.165, 1.54) is 18.2 Å². The van der Waals surface area contributed by atoms with Crippen molar-refractivity contribution in [2.45, 2.75) is 44.0 Å². The van der Waals surface area contributed by atoms with E-state index in [1.54, 1.807) is 12.1 Å². The topological polar surface area (TPSA) is 55.4 Å². The fourth-order valence-electron chi connectivity index (χ4n) is 3.06. The average Bonchev–Trinajstić information content (AvgIpc) is 2.56. The molecule has 0 bridgehead atoms. The minimum atomic E-state index is -0.449. The molecule has 1 amide bonds. The first kappa shape index (κ1) is 17.9. The van der Waals surface area contributed by atoms with E-state index in [0.29, 0.717) is 17.4 Å². The van der Waals surface area contributed by atoms with Crippen molar-refractivity contribution in [2.24, 2.45) is 11.8 Å². The molecule has 0 unspecified atom stereocenters. The maximum atomic E-state index is 12.1. The van der Waals surface area contributed by atoms with Crippen molar-refractivity contribution >= 4 is 23.6 Å². The van der Waals surface area contributed by atoms with E-state index in [-0.39, 0.29) is 18.6 Å². The number of nitrogens with one attached hydrogen (secondary N) is 1. The van der Waals surface area contributed by atoms with Crippen LogP contribution in [0.1, 0.15) is 43.5 Å². The summed E-state index contributed by atoms with van der Waals surface area (Å²) in [5, 5.41) is 3.01. The lowest BCUT2D eigenvalue weighted by Gasteiger charge is -2.34. The molecule has 0 saturated heterocycles. The van der Waals surface area contributed by atoms with Crippen LogP contribution in [0, 0.1) is 11.8 Å². The Labute approximate surface area is 142 Å². The molecule has 5 heteroatoms. The number of hydrogen-bond acceptors (Lipinski definition) is 4. The zero-order valence-corrected chi connectivity index (χ0v) is 14.8. The highest BCUT2D eigenvalue weighted by Gasteiger charge is 2.28. The molecule has 1 N–H and O–H groups in total. The van der Waals surface area contributed by atoms with E-state index in [4.69, 9.17) is 4.74 Å². The molecule has 0 spiro atoms. The second kappa shape index (κ2) is 8.39. The molecule has 1 aliphatic rings. The van der Waals surface area contributed by atoms with Gasteiger partial charge in [0.15, 0.2) is 6.61 Å². The van der Waals surface area contributed by atoms with Gasteiger partial charge in [0.05, 0.1) is 5.56 Å². The van der Waals surface area contributed by atoms with Gasteiger partial charge in [0, 0.05) is 10.9 Å². The van der Waals surface area contributed by atoms with Gasteiger partial charge < -0.3 is 10.1 Å². The van der Waals surface area contributed by atoms with Crippen LogP contribution in [-0.2, 0) is 9.53 Å². The van der Waals surface area contributed by atoms with Crippen molar-refractivity contribution in [3.8, 4) is 0 Å². The normalized spacial score (nSPS) is 24.0. The SMILES string of the molecule is CSc1ccccc1C(=O)OCC(=O)N[C@H]1CCC[C@@H](C)[C@H]1C. The van der Waals surface area contributed by atoms with E-state index in [9.17, 15) is 9.59 Å². The van der Waals surface area contributed by atoms with Gasteiger partial charge in [-0.15, -0.1) is 11.8 Å². The summed E-state index contributed by atoms with van der Waals surface area (Å²) in [6, 6.07) is 7.44. The highest BCUT2D eigenvalue weighted by Crippen LogP contribution is 2.29. The molecule has 1 aromatic rings. The van der Waals surface area contributed by atoms with Gasteiger partial charge >= 0.3 is 5.97 Å². The summed E-state index contributed by atoms with van der Waals surface area (Å²) >= 11 is 1.49. The number of rotatable bonds is 5. The monoisotopic (exact) mass is 335 g/mol. The number of hydrogen-bond donors (Lipinski definition) is 1. The second-order valence-electron chi connectivity index (χ2n) is 6.22. The number of ether oxygens (including phenoxy) is 1. The molecule has 0 radical (unpaired) electrons. The minimum absolute atomic E-state index is 0.184. The Balaban J connectivity index is 1.85. The molecule has 1 aromatic carbocycles. The van der Waals surface area contributed by atoms with E-state index >= 15 is 0 Å². The first-order valence-electron chi connectivity index (χ1n) is 8.12. The number of amides is 1. The quantitative estimate of drug-likeness (QED) is 0.661. The van der Waals surface area contributed by atoms with Crippen LogP contribution in [-0.4, -0.2) is 30.8 Å². The summed E-state index contributed by atoms with van der Waals surface area (Å²) in [5.41, 5.74) is 0.507. The lowest BCUT2D eigenvalue weighted by Crippen LogP contribution is -2.45. The number of thioether (sulfide) groups is 1. The van der Waals surface area contributed by atoms with Crippen LogP contribution in [0.3, 0.4) is 0 Å². The van der Waals surface area contributed by atoms with Gasteiger partial charge in [-0.1, -0.05) is 38.8 Å². The van der Waals surface area contributed by atoms with E-state index in [1.807, 2.05) is 18.4 Å². The molecule has 126 valence electrons. The predicted molar refractivity (Wildman–Crippen MR) is 92.6 cm³/mol. The summed E-state index contributed by atoms with van der Waals surface area (Å²) in [4.78, 5) is 25.0. The molecule has 1 aliphatic carbocycles. The maximum absolute atomic E-state index is 12.1. The minimum Gasteiger partial charge on any atom is -0.452 e. The summed E-state index contributed by atoms with van der Waals surface area (Å²) in [5.74, 6) is 0.409. The van der Waals surface area contributed by atoms with Crippen molar-refractivity contribution in [2.75, 3.05) is 12.9 Å². The fourth-order valence-corrected chi connectivity index (χ4v) is 3.64. The first-order valence-corrected chi connectivity index (χ1v) is 9.35. The zero-order valence-electron chi connectivity index (χ0n) is 14.0. The Morgan fingerprint density at radius 3 is 2.74 bits per heavy atom. The molecular weight excluding hydrogens is 310 g/mol. The van der Waals surface area contributed by atoms with Gasteiger partial charge in [-0.3, -0.25) is 4.79 Å². The smallest absolute Gasteiger partial charge is 0.339 e. The van der Waals surface area contributed by atoms with Crippen molar-refractivity contribution in [3.05, 3.63) is 29.8 Å². The number of benzene rings is 1. The molecule has 3 atom stereocenters. The number of carbonyl (C=O) groups is 2. The number of esters is 1. The van der Waals surface area contributed by atoms with Crippen molar-refractivity contribution in [1.82, 2.24) is 5.32 Å². The van der Waals surface area contributed by atoms with Gasteiger partial charge in [0.1, 0.15) is 0 Å². The van der Waals surface area contributed by atoms with Crippen LogP contribution in [0.2, 0.25) is 0 Å². The van der Waals surface area contributed by atoms with Crippen molar-refractivity contribution in [3.63, 3.8) is 0 Å². The van der Waals surface area contributed by atoms with Gasteiger partial charge in [-0.2, -0.15) is 0 Å². The Hall–Kier alpha value is -1.49. The first-order chi connectivity index (χ1) is 11.0. The standard InChI is InChI=1S/C18H25NO3S/c1-12-7-6-9-15(13(12)2)19-17(20)11-22-18(21)14-8-4-5-10-16(14)23-3/h4-5,8,10,12-13,15H,6-7,9,11H2,1-3H3,(H,19,20)/t12-,13-,15+/m1/s1. The highest BCUT2D eigenvalue weighted by molar-refractivity contribution is 7.98. The van der Waals surface area contributed by atoms with Crippen LogP contribution >= 0.6 is 11.8 Å². The molecule has 1 fully saturated rings. The molecule has 4 nitrogen and oxygen atoms in total. The fraction of sp³-hybridized carbons (Fsp3) is 0.556. The zero-order chi connectivity index (χ0) is 16.8. The Kier molecular flexibility index (Phi) is 6.51. The van der Waals surface area contributed by atoms with E-state index in [2.05, 4.69) is 19.2 Å². The molecule has 0 aliphatic heterocycles. The third kappa shape index (κ3) is 4.74. The molecular formula is C18H25NO3S. The molecule has 1 saturated carbocycles. The second-order valence-corrected chi connectivity index (χ2v) is 7.07. The van der Waals surface area contributed by atoms with Crippen LogP contribution in [0.15, 0.2) is 29.2 Å². The van der Waals surface area contributed by atoms with Gasteiger partial charge in [0.2, 0.25) is 0 Å². The molecule has 23 heavy (non-hydrogen) atoms. The number of carbonyl (C=O) groups excluding carboxylic acids is 2. The largest absolute Gasteiger partial charge is 0.452 e. The van der Waals surface area contributed by atoms with Crippen molar-refractivity contribution < 1.29 is 14.3 Å². The van der Waals surface area contributed by atoms with Crippen LogP contribution in [0.25, 0.3) is 0 Å². The van der Waals surface area contributed by atoms with Gasteiger partial charge in [-0.05, 0) is 36.6 Å². The van der Waals surface area contributed by atoms with E-state index < -0.39 is 5.97 Å². The summed E-state index contributed by atoms with van der Waals surface area (Å²) in [6.07, 6.45) is 5.26. The van der Waals surface area contributed by atoms with Gasteiger partial charge in [-0.25, -0.2) is 4.79 Å². The third-order valence-electron chi connectivity index (χ3n) is 4.71. The van der Waals surface area contributed by atoms with Crippen LogP contribution in [0.5, 0.6) is 0 Å². The van der Waals surface area contributed by atoms with E-state index in [0.717, 1.165) is 17.7 Å². The summed E-state index contributed by atoms with van der Waals surface area (Å²) in [7, 11) is 0. The highest BCUT2D eigenvalue weighted by atomic mass is 32.2. The Morgan fingerprint density at radius 2 is 2.00 bits per heavy atom.